The third-order valence-corrected chi connectivity index (χ3v) is 7.26. The number of quaternary nitrogens is 1. The fraction of sp³-hybridized carbons (Fsp3) is 0.895. The van der Waals surface area contributed by atoms with Crippen LogP contribution < -0.4 is 16.0 Å². The van der Waals surface area contributed by atoms with E-state index in [4.69, 9.17) is 5.73 Å². The summed E-state index contributed by atoms with van der Waals surface area (Å²) in [6.07, 6.45) is 10.2. The van der Waals surface area contributed by atoms with E-state index in [0.717, 1.165) is 50.2 Å². The van der Waals surface area contributed by atoms with Crippen molar-refractivity contribution >= 4 is 11.8 Å². The zero-order valence-corrected chi connectivity index (χ0v) is 14.7. The zero-order chi connectivity index (χ0) is 16.7. The number of carbonyl (C=O) groups is 2. The van der Waals surface area contributed by atoms with E-state index in [-0.39, 0.29) is 17.7 Å². The minimum atomic E-state index is -0.207. The van der Waals surface area contributed by atoms with Gasteiger partial charge in [-0.1, -0.05) is 0 Å². The lowest BCUT2D eigenvalue weighted by Gasteiger charge is -2.56. The van der Waals surface area contributed by atoms with E-state index < -0.39 is 0 Å². The highest BCUT2D eigenvalue weighted by molar-refractivity contribution is 5.77. The van der Waals surface area contributed by atoms with Crippen molar-refractivity contribution in [1.82, 2.24) is 5.32 Å². The summed E-state index contributed by atoms with van der Waals surface area (Å²) < 4.78 is 0. The largest absolute Gasteiger partial charge is 0.369 e. The number of nitrogens with one attached hydrogen (secondary N) is 2. The number of likely N-dealkylation sites (tertiary alicyclic amines) is 1. The Hall–Kier alpha value is -1.10. The quantitative estimate of drug-likeness (QED) is 0.667. The first kappa shape index (κ1) is 16.4. The molecule has 5 fully saturated rings. The normalized spacial score (nSPS) is 43.6. The average molecular weight is 334 g/mol. The van der Waals surface area contributed by atoms with Crippen molar-refractivity contribution in [2.45, 2.75) is 51.4 Å². The molecule has 24 heavy (non-hydrogen) atoms. The highest BCUT2D eigenvalue weighted by atomic mass is 16.2. The second kappa shape index (κ2) is 6.32. The van der Waals surface area contributed by atoms with Crippen LogP contribution in [0.15, 0.2) is 0 Å². The molecular formula is C19H32N3O2+. The lowest BCUT2D eigenvalue weighted by atomic mass is 9.49. The van der Waals surface area contributed by atoms with Gasteiger partial charge in [0.1, 0.15) is 0 Å². The molecule has 4 aliphatic carbocycles. The van der Waals surface area contributed by atoms with Crippen molar-refractivity contribution in [3.8, 4) is 0 Å². The Balaban J connectivity index is 1.27. The second-order valence-corrected chi connectivity index (χ2v) is 9.32. The van der Waals surface area contributed by atoms with Gasteiger partial charge in [-0.3, -0.25) is 9.59 Å². The van der Waals surface area contributed by atoms with Crippen molar-refractivity contribution in [2.24, 2.45) is 34.8 Å². The molecule has 0 aromatic rings. The summed E-state index contributed by atoms with van der Waals surface area (Å²) in [5.74, 6) is 2.68. The molecule has 4 bridgehead atoms. The molecule has 134 valence electrons. The third kappa shape index (κ3) is 3.32. The topological polar surface area (TPSA) is 76.6 Å². The van der Waals surface area contributed by atoms with Crippen molar-refractivity contribution in [3.05, 3.63) is 0 Å². The molecule has 5 heteroatoms. The molecule has 5 rings (SSSR count). The molecule has 5 aliphatic rings. The highest BCUT2D eigenvalue weighted by Gasteiger charge is 2.50. The van der Waals surface area contributed by atoms with Crippen molar-refractivity contribution in [1.29, 1.82) is 0 Å². The summed E-state index contributed by atoms with van der Waals surface area (Å²) in [5, 5.41) is 3.26. The van der Waals surface area contributed by atoms with Gasteiger partial charge in [-0.15, -0.1) is 0 Å². The minimum absolute atomic E-state index is 0.0512. The molecule has 1 heterocycles. The molecular weight excluding hydrogens is 302 g/mol. The third-order valence-electron chi connectivity index (χ3n) is 7.26. The van der Waals surface area contributed by atoms with Gasteiger partial charge in [0.05, 0.1) is 19.0 Å². The predicted molar refractivity (Wildman–Crippen MR) is 91.1 cm³/mol. The van der Waals surface area contributed by atoms with Crippen LogP contribution in [0, 0.1) is 29.1 Å². The standard InChI is InChI=1S/C19H31N3O2/c20-18(24)16-2-1-3-22(10-16)11-17(23)21-12-19-7-13-4-14(8-19)6-15(5-13)9-19/h13-16H,1-12H2,(H2,20,24)(H,21,23)/p+1/t13?,14?,15?,16-,19?/m1/s1. The number of primary amides is 1. The van der Waals surface area contributed by atoms with Gasteiger partial charge in [-0.05, 0) is 74.5 Å². The minimum Gasteiger partial charge on any atom is -0.369 e. The first-order chi connectivity index (χ1) is 11.5. The maximum Gasteiger partial charge on any atom is 0.275 e. The first-order valence-electron chi connectivity index (χ1n) is 9.91. The molecule has 0 spiro atoms. The summed E-state index contributed by atoms with van der Waals surface area (Å²) in [7, 11) is 0. The molecule has 1 saturated heterocycles. The van der Waals surface area contributed by atoms with Gasteiger partial charge in [-0.25, -0.2) is 0 Å². The van der Waals surface area contributed by atoms with Crippen LogP contribution in [-0.2, 0) is 9.59 Å². The van der Waals surface area contributed by atoms with Gasteiger partial charge in [-0.2, -0.15) is 0 Å². The van der Waals surface area contributed by atoms with Gasteiger partial charge in [0.25, 0.3) is 5.91 Å². The first-order valence-corrected chi connectivity index (χ1v) is 9.91. The molecule has 1 aliphatic heterocycles. The van der Waals surface area contributed by atoms with Gasteiger partial charge in [0, 0.05) is 6.54 Å². The summed E-state index contributed by atoms with van der Waals surface area (Å²) >= 11 is 0. The number of nitrogens with two attached hydrogens (primary N) is 1. The van der Waals surface area contributed by atoms with E-state index in [0.29, 0.717) is 12.0 Å². The Morgan fingerprint density at radius 3 is 2.29 bits per heavy atom. The number of piperidine rings is 1. The number of hydrogen-bond donors (Lipinski definition) is 3. The second-order valence-electron chi connectivity index (χ2n) is 9.32. The SMILES string of the molecule is NC(=O)[C@@H]1CCC[NH+](CC(=O)NCC23CC4CC(CC(C4)C2)C3)C1. The van der Waals surface area contributed by atoms with Crippen LogP contribution >= 0.6 is 0 Å². The smallest absolute Gasteiger partial charge is 0.275 e. The molecule has 5 nitrogen and oxygen atoms in total. The average Bonchev–Trinajstić information content (AvgIpc) is 2.52. The van der Waals surface area contributed by atoms with Gasteiger partial charge in [0.2, 0.25) is 5.91 Å². The van der Waals surface area contributed by atoms with E-state index >= 15 is 0 Å². The Morgan fingerprint density at radius 1 is 1.08 bits per heavy atom. The molecule has 0 radical (unpaired) electrons. The Labute approximate surface area is 144 Å². The zero-order valence-electron chi connectivity index (χ0n) is 14.7. The van der Waals surface area contributed by atoms with Crippen LogP contribution in [0.25, 0.3) is 0 Å². The highest BCUT2D eigenvalue weighted by Crippen LogP contribution is 2.59. The maximum absolute atomic E-state index is 12.4. The summed E-state index contributed by atoms with van der Waals surface area (Å²) in [5.41, 5.74) is 5.84. The molecule has 4 N–H and O–H groups in total. The molecule has 0 aromatic heterocycles. The Bertz CT molecular complexity index is 483. The monoisotopic (exact) mass is 334 g/mol. The molecule has 2 amide bonds. The summed E-state index contributed by atoms with van der Waals surface area (Å²) in [4.78, 5) is 25.0. The number of hydrogen-bond acceptors (Lipinski definition) is 2. The number of amides is 2. The van der Waals surface area contributed by atoms with Crippen LogP contribution in [0.3, 0.4) is 0 Å². The number of rotatable bonds is 5. The maximum atomic E-state index is 12.4. The fourth-order valence-electron chi connectivity index (χ4n) is 6.64. The van der Waals surface area contributed by atoms with Crippen LogP contribution in [0.2, 0.25) is 0 Å². The van der Waals surface area contributed by atoms with Crippen molar-refractivity contribution in [2.75, 3.05) is 26.2 Å². The Kier molecular flexibility index (Phi) is 4.31. The van der Waals surface area contributed by atoms with E-state index in [9.17, 15) is 9.59 Å². The number of carbonyl (C=O) groups excluding carboxylic acids is 2. The fourth-order valence-corrected chi connectivity index (χ4v) is 6.64. The van der Waals surface area contributed by atoms with Crippen molar-refractivity contribution in [3.63, 3.8) is 0 Å². The molecule has 0 aromatic carbocycles. The van der Waals surface area contributed by atoms with Crippen LogP contribution in [0.5, 0.6) is 0 Å². The molecule has 4 saturated carbocycles. The molecule has 2 atom stereocenters. The lowest BCUT2D eigenvalue weighted by molar-refractivity contribution is -0.899. The van der Waals surface area contributed by atoms with Gasteiger partial charge < -0.3 is 16.0 Å². The van der Waals surface area contributed by atoms with E-state index in [2.05, 4.69) is 5.32 Å². The molecule has 1 unspecified atom stereocenters. The Morgan fingerprint density at radius 2 is 1.71 bits per heavy atom. The van der Waals surface area contributed by atoms with E-state index in [1.54, 1.807) is 0 Å². The van der Waals surface area contributed by atoms with Gasteiger partial charge >= 0.3 is 0 Å². The lowest BCUT2D eigenvalue weighted by Crippen LogP contribution is -3.15. The summed E-state index contributed by atoms with van der Waals surface area (Å²) in [6.45, 7) is 3.08. The van der Waals surface area contributed by atoms with E-state index in [1.807, 2.05) is 0 Å². The van der Waals surface area contributed by atoms with Crippen LogP contribution in [0.4, 0.5) is 0 Å². The van der Waals surface area contributed by atoms with Gasteiger partial charge in [0.15, 0.2) is 6.54 Å². The predicted octanol–water partition coefficient (Wildman–Crippen LogP) is 0.0992. The van der Waals surface area contributed by atoms with Crippen LogP contribution in [-0.4, -0.2) is 38.0 Å². The van der Waals surface area contributed by atoms with Crippen molar-refractivity contribution < 1.29 is 14.5 Å². The summed E-state index contributed by atoms with van der Waals surface area (Å²) in [6, 6.07) is 0. The van der Waals surface area contributed by atoms with Crippen LogP contribution in [0.1, 0.15) is 51.4 Å². The van der Waals surface area contributed by atoms with E-state index in [1.165, 1.54) is 43.4 Å².